The number of nitrogens with one attached hydrogen (secondary N) is 2. The Balaban J connectivity index is 2.34. The molecule has 1 amide bonds. The quantitative estimate of drug-likeness (QED) is 0.797. The lowest BCUT2D eigenvalue weighted by Gasteiger charge is -2.05. The van der Waals surface area contributed by atoms with E-state index < -0.39 is 10.0 Å². The van der Waals surface area contributed by atoms with E-state index in [1.807, 2.05) is 0 Å². The Morgan fingerprint density at radius 3 is 2.78 bits per heavy atom. The van der Waals surface area contributed by atoms with Crippen LogP contribution in [0.2, 0.25) is 0 Å². The molecular formula is C10H13ClN2O3S2. The summed E-state index contributed by atoms with van der Waals surface area (Å²) in [7, 11) is -3.50. The van der Waals surface area contributed by atoms with E-state index in [0.29, 0.717) is 5.03 Å². The number of carbonyl (C=O) groups is 1. The molecule has 0 fully saturated rings. The highest BCUT2D eigenvalue weighted by atomic mass is 35.5. The van der Waals surface area contributed by atoms with Crippen LogP contribution >= 0.6 is 22.9 Å². The highest BCUT2D eigenvalue weighted by Crippen LogP contribution is 2.14. The molecule has 0 spiro atoms. The monoisotopic (exact) mass is 308 g/mol. The number of amides is 1. The maximum absolute atomic E-state index is 11.7. The van der Waals surface area contributed by atoms with Gasteiger partial charge in [-0.3, -0.25) is 4.79 Å². The molecule has 1 aromatic rings. The van der Waals surface area contributed by atoms with E-state index >= 15 is 0 Å². The Kier molecular flexibility index (Phi) is 5.80. The van der Waals surface area contributed by atoms with Crippen LogP contribution in [0.25, 0.3) is 0 Å². The van der Waals surface area contributed by atoms with Crippen molar-refractivity contribution in [3.8, 4) is 0 Å². The van der Waals surface area contributed by atoms with Gasteiger partial charge >= 0.3 is 0 Å². The van der Waals surface area contributed by atoms with Crippen molar-refractivity contribution in [2.45, 2.75) is 10.6 Å². The van der Waals surface area contributed by atoms with Gasteiger partial charge in [0.05, 0.1) is 6.54 Å². The molecule has 0 aliphatic rings. The fourth-order valence-electron chi connectivity index (χ4n) is 1.07. The van der Waals surface area contributed by atoms with E-state index in [1.54, 1.807) is 11.4 Å². The van der Waals surface area contributed by atoms with Crippen LogP contribution in [0.15, 0.2) is 33.3 Å². The van der Waals surface area contributed by atoms with E-state index in [4.69, 9.17) is 11.6 Å². The first-order valence-corrected chi connectivity index (χ1v) is 7.79. The molecule has 1 heterocycles. The molecule has 1 rings (SSSR count). The first-order chi connectivity index (χ1) is 8.42. The van der Waals surface area contributed by atoms with E-state index in [0.717, 1.165) is 11.3 Å². The van der Waals surface area contributed by atoms with Gasteiger partial charge in [-0.05, 0) is 11.4 Å². The molecule has 0 unspecified atom stereocenters. The van der Waals surface area contributed by atoms with Crippen molar-refractivity contribution >= 4 is 38.9 Å². The van der Waals surface area contributed by atoms with E-state index in [2.05, 4.69) is 16.6 Å². The summed E-state index contributed by atoms with van der Waals surface area (Å²) in [5, 5.41) is 4.50. The summed E-state index contributed by atoms with van der Waals surface area (Å²) in [4.78, 5) is 11.3. The summed E-state index contributed by atoms with van der Waals surface area (Å²) in [5.74, 6) is -0.286. The molecule has 5 nitrogen and oxygen atoms in total. The predicted molar refractivity (Wildman–Crippen MR) is 72.1 cm³/mol. The van der Waals surface area contributed by atoms with Gasteiger partial charge in [-0.2, -0.15) is 0 Å². The Hall–Kier alpha value is -0.890. The lowest BCUT2D eigenvalue weighted by atomic mass is 10.4. The second-order valence-electron chi connectivity index (χ2n) is 3.37. The molecule has 0 bridgehead atoms. The summed E-state index contributed by atoms with van der Waals surface area (Å²) in [6.45, 7) is 3.64. The summed E-state index contributed by atoms with van der Waals surface area (Å²) < 4.78 is 25.9. The van der Waals surface area contributed by atoms with Crippen LogP contribution in [0.5, 0.6) is 0 Å². The largest absolute Gasteiger partial charge is 0.351 e. The minimum Gasteiger partial charge on any atom is -0.351 e. The molecule has 1 aromatic heterocycles. The minimum atomic E-state index is -3.50. The van der Waals surface area contributed by atoms with Gasteiger partial charge in [0, 0.05) is 18.0 Å². The van der Waals surface area contributed by atoms with Crippen LogP contribution in [-0.4, -0.2) is 27.4 Å². The summed E-state index contributed by atoms with van der Waals surface area (Å²) >= 11 is 6.60. The topological polar surface area (TPSA) is 75.3 Å². The molecule has 100 valence electrons. The van der Waals surface area contributed by atoms with Crippen LogP contribution < -0.4 is 10.0 Å². The van der Waals surface area contributed by atoms with Crippen molar-refractivity contribution in [1.29, 1.82) is 0 Å². The zero-order valence-corrected chi connectivity index (χ0v) is 11.9. The molecule has 0 aromatic carbocycles. The number of hydrogen-bond donors (Lipinski definition) is 2. The average Bonchev–Trinajstić information content (AvgIpc) is 2.80. The standard InChI is InChI=1S/C10H13ClN2O3S2/c1-8(11)7-12-9(14)4-5-13-18(15,16)10-3-2-6-17-10/h2-3,6,13H,1,4-5,7H2,(H,12,14). The third-order valence-corrected chi connectivity index (χ3v) is 4.87. The van der Waals surface area contributed by atoms with Gasteiger partial charge in [0.15, 0.2) is 0 Å². The first kappa shape index (κ1) is 15.2. The van der Waals surface area contributed by atoms with Crippen molar-refractivity contribution in [2.24, 2.45) is 0 Å². The summed E-state index contributed by atoms with van der Waals surface area (Å²) in [5.41, 5.74) is 0. The van der Waals surface area contributed by atoms with Gasteiger partial charge in [0.2, 0.25) is 15.9 Å². The van der Waals surface area contributed by atoms with Crippen LogP contribution in [0.4, 0.5) is 0 Å². The van der Waals surface area contributed by atoms with Gasteiger partial charge < -0.3 is 5.32 Å². The van der Waals surface area contributed by atoms with Gasteiger partial charge in [0.25, 0.3) is 0 Å². The molecule has 0 radical (unpaired) electrons. The molecule has 0 atom stereocenters. The van der Waals surface area contributed by atoms with E-state index in [9.17, 15) is 13.2 Å². The Morgan fingerprint density at radius 2 is 2.22 bits per heavy atom. The van der Waals surface area contributed by atoms with Gasteiger partial charge in [0.1, 0.15) is 4.21 Å². The van der Waals surface area contributed by atoms with Crippen LogP contribution in [0.1, 0.15) is 6.42 Å². The number of sulfonamides is 1. The summed E-state index contributed by atoms with van der Waals surface area (Å²) in [6, 6.07) is 3.16. The average molecular weight is 309 g/mol. The van der Waals surface area contributed by atoms with Gasteiger partial charge in [-0.1, -0.05) is 24.2 Å². The Labute approximate surface area is 115 Å². The maximum Gasteiger partial charge on any atom is 0.250 e. The molecule has 0 saturated carbocycles. The number of hydrogen-bond acceptors (Lipinski definition) is 4. The Bertz CT molecular complexity index is 511. The second kappa shape index (κ2) is 6.89. The smallest absolute Gasteiger partial charge is 0.250 e. The highest BCUT2D eigenvalue weighted by Gasteiger charge is 2.14. The SMILES string of the molecule is C=C(Cl)CNC(=O)CCNS(=O)(=O)c1cccs1. The molecule has 0 saturated heterocycles. The number of carbonyl (C=O) groups excluding carboxylic acids is 1. The lowest BCUT2D eigenvalue weighted by molar-refractivity contribution is -0.120. The molecule has 18 heavy (non-hydrogen) atoms. The molecule has 2 N–H and O–H groups in total. The van der Waals surface area contributed by atoms with E-state index in [1.165, 1.54) is 6.07 Å². The molecule has 0 aliphatic carbocycles. The summed E-state index contributed by atoms with van der Waals surface area (Å²) in [6.07, 6.45) is 0.0504. The minimum absolute atomic E-state index is 0.0425. The fourth-order valence-corrected chi connectivity index (χ4v) is 3.21. The number of halogens is 1. The van der Waals surface area contributed by atoms with Crippen molar-refractivity contribution in [3.63, 3.8) is 0 Å². The first-order valence-electron chi connectivity index (χ1n) is 5.05. The fraction of sp³-hybridized carbons (Fsp3) is 0.300. The van der Waals surface area contributed by atoms with Crippen molar-refractivity contribution in [3.05, 3.63) is 29.1 Å². The van der Waals surface area contributed by atoms with E-state index in [-0.39, 0.29) is 29.6 Å². The van der Waals surface area contributed by atoms with Crippen LogP contribution in [0, 0.1) is 0 Å². The van der Waals surface area contributed by atoms with Gasteiger partial charge in [-0.25, -0.2) is 13.1 Å². The Morgan fingerprint density at radius 1 is 1.50 bits per heavy atom. The van der Waals surface area contributed by atoms with Crippen LogP contribution in [0.3, 0.4) is 0 Å². The zero-order chi connectivity index (χ0) is 13.6. The number of rotatable bonds is 7. The predicted octanol–water partition coefficient (Wildman–Crippen LogP) is 1.29. The second-order valence-corrected chi connectivity index (χ2v) is 6.85. The third-order valence-electron chi connectivity index (χ3n) is 1.88. The van der Waals surface area contributed by atoms with Crippen molar-refractivity contribution < 1.29 is 13.2 Å². The normalized spacial score (nSPS) is 11.2. The third kappa shape index (κ3) is 5.18. The molecule has 0 aliphatic heterocycles. The molecule has 8 heteroatoms. The molecular weight excluding hydrogens is 296 g/mol. The van der Waals surface area contributed by atoms with Crippen LogP contribution in [-0.2, 0) is 14.8 Å². The lowest BCUT2D eigenvalue weighted by Crippen LogP contribution is -2.31. The van der Waals surface area contributed by atoms with Crippen molar-refractivity contribution in [2.75, 3.05) is 13.1 Å². The highest BCUT2D eigenvalue weighted by molar-refractivity contribution is 7.91. The van der Waals surface area contributed by atoms with Gasteiger partial charge in [-0.15, -0.1) is 11.3 Å². The maximum atomic E-state index is 11.7. The zero-order valence-electron chi connectivity index (χ0n) is 9.48. The van der Waals surface area contributed by atoms with Crippen molar-refractivity contribution in [1.82, 2.24) is 10.0 Å². The number of thiophene rings is 1.